The molecule has 1 heterocycles. The minimum Gasteiger partial charge on any atom is -0.482 e. The molecule has 1 aliphatic heterocycles. The molecule has 0 saturated carbocycles. The van der Waals surface area contributed by atoms with Gasteiger partial charge in [0.25, 0.3) is 15.9 Å². The Morgan fingerprint density at radius 1 is 1.21 bits per heavy atom. The van der Waals surface area contributed by atoms with E-state index in [0.717, 1.165) is 11.1 Å². The van der Waals surface area contributed by atoms with Crippen LogP contribution in [0.15, 0.2) is 35.2 Å². The second kappa shape index (κ2) is 5.99. The number of ether oxygens (including phenoxy) is 1. The molecule has 1 amide bonds. The van der Waals surface area contributed by atoms with E-state index in [2.05, 4.69) is 10.0 Å². The standard InChI is InChI=1S/C16H15ClN2O4S/c1-9-3-4-12(10(2)5-9)19-24(21,22)15-7-14-13(6-11(15)17)18-16(20)8-23-14/h3-7,19H,8H2,1-2H3,(H,18,20). The number of anilines is 2. The Morgan fingerprint density at radius 3 is 2.67 bits per heavy atom. The van der Waals surface area contributed by atoms with Gasteiger partial charge in [0.1, 0.15) is 10.6 Å². The highest BCUT2D eigenvalue weighted by molar-refractivity contribution is 7.92. The zero-order valence-corrected chi connectivity index (χ0v) is 14.6. The van der Waals surface area contributed by atoms with Crippen LogP contribution in [0.2, 0.25) is 5.02 Å². The van der Waals surface area contributed by atoms with Crippen molar-refractivity contribution >= 4 is 38.9 Å². The van der Waals surface area contributed by atoms with Crippen molar-refractivity contribution in [1.82, 2.24) is 0 Å². The minimum absolute atomic E-state index is 0.00295. The number of fused-ring (bicyclic) bond motifs is 1. The van der Waals surface area contributed by atoms with Crippen LogP contribution in [-0.2, 0) is 14.8 Å². The third-order valence-electron chi connectivity index (χ3n) is 3.58. The zero-order valence-electron chi connectivity index (χ0n) is 13.0. The van der Waals surface area contributed by atoms with Crippen molar-refractivity contribution in [2.75, 3.05) is 16.6 Å². The number of rotatable bonds is 3. The summed E-state index contributed by atoms with van der Waals surface area (Å²) in [5.41, 5.74) is 2.66. The monoisotopic (exact) mass is 366 g/mol. The molecular formula is C16H15ClN2O4S. The largest absolute Gasteiger partial charge is 0.482 e. The van der Waals surface area contributed by atoms with Crippen LogP contribution in [0.25, 0.3) is 0 Å². The quantitative estimate of drug-likeness (QED) is 0.874. The van der Waals surface area contributed by atoms with Crippen LogP contribution in [0.4, 0.5) is 11.4 Å². The van der Waals surface area contributed by atoms with E-state index in [9.17, 15) is 13.2 Å². The molecule has 126 valence electrons. The number of carbonyl (C=O) groups excluding carboxylic acids is 1. The lowest BCUT2D eigenvalue weighted by atomic mass is 10.1. The maximum absolute atomic E-state index is 12.7. The highest BCUT2D eigenvalue weighted by Gasteiger charge is 2.25. The maximum Gasteiger partial charge on any atom is 0.263 e. The molecule has 0 bridgehead atoms. The fourth-order valence-corrected chi connectivity index (χ4v) is 4.09. The summed E-state index contributed by atoms with van der Waals surface area (Å²) in [4.78, 5) is 11.2. The summed E-state index contributed by atoms with van der Waals surface area (Å²) in [5.74, 6) is -0.0532. The zero-order chi connectivity index (χ0) is 17.5. The first kappa shape index (κ1) is 16.6. The van der Waals surface area contributed by atoms with Crippen molar-refractivity contribution in [2.45, 2.75) is 18.7 Å². The first-order valence-corrected chi connectivity index (χ1v) is 8.98. The summed E-state index contributed by atoms with van der Waals surface area (Å²) in [6, 6.07) is 8.07. The normalized spacial score (nSPS) is 13.7. The van der Waals surface area contributed by atoms with Crippen molar-refractivity contribution in [3.63, 3.8) is 0 Å². The smallest absolute Gasteiger partial charge is 0.263 e. The number of aryl methyl sites for hydroxylation is 2. The van der Waals surface area contributed by atoms with Crippen molar-refractivity contribution in [1.29, 1.82) is 0 Å². The lowest BCUT2D eigenvalue weighted by Crippen LogP contribution is -2.26. The molecule has 0 fully saturated rings. The second-order valence-corrected chi connectivity index (χ2v) is 7.60. The number of hydrogen-bond acceptors (Lipinski definition) is 4. The molecule has 0 radical (unpaired) electrons. The van der Waals surface area contributed by atoms with E-state index in [1.165, 1.54) is 12.1 Å². The highest BCUT2D eigenvalue weighted by atomic mass is 35.5. The van der Waals surface area contributed by atoms with Crippen LogP contribution in [0.5, 0.6) is 5.75 Å². The SMILES string of the molecule is Cc1ccc(NS(=O)(=O)c2cc3c(cc2Cl)NC(=O)CO3)c(C)c1. The van der Waals surface area contributed by atoms with Crippen molar-refractivity contribution in [2.24, 2.45) is 0 Å². The van der Waals surface area contributed by atoms with Crippen LogP contribution in [0, 0.1) is 13.8 Å². The molecule has 2 aromatic carbocycles. The molecule has 8 heteroatoms. The molecule has 0 aromatic heterocycles. The van der Waals surface area contributed by atoms with E-state index >= 15 is 0 Å². The highest BCUT2D eigenvalue weighted by Crippen LogP contribution is 2.36. The third kappa shape index (κ3) is 3.18. The van der Waals surface area contributed by atoms with Gasteiger partial charge in [-0.1, -0.05) is 29.3 Å². The molecule has 3 rings (SSSR count). The minimum atomic E-state index is -3.90. The van der Waals surface area contributed by atoms with Crippen LogP contribution in [0.1, 0.15) is 11.1 Å². The number of benzene rings is 2. The van der Waals surface area contributed by atoms with Crippen LogP contribution in [-0.4, -0.2) is 20.9 Å². The van der Waals surface area contributed by atoms with Gasteiger partial charge in [-0.2, -0.15) is 0 Å². The molecular weight excluding hydrogens is 352 g/mol. The molecule has 0 aliphatic carbocycles. The molecule has 6 nitrogen and oxygen atoms in total. The summed E-state index contributed by atoms with van der Waals surface area (Å²) in [6.45, 7) is 3.58. The molecule has 2 N–H and O–H groups in total. The van der Waals surface area contributed by atoms with Gasteiger partial charge in [0.2, 0.25) is 0 Å². The van der Waals surface area contributed by atoms with E-state index < -0.39 is 10.0 Å². The molecule has 2 aromatic rings. The summed E-state index contributed by atoms with van der Waals surface area (Å²) in [7, 11) is -3.90. The van der Waals surface area contributed by atoms with E-state index in [1.54, 1.807) is 6.07 Å². The van der Waals surface area contributed by atoms with Gasteiger partial charge < -0.3 is 10.1 Å². The van der Waals surface area contributed by atoms with Gasteiger partial charge >= 0.3 is 0 Å². The number of nitrogens with one attached hydrogen (secondary N) is 2. The van der Waals surface area contributed by atoms with Crippen molar-refractivity contribution in [3.05, 3.63) is 46.5 Å². The van der Waals surface area contributed by atoms with E-state index in [1.807, 2.05) is 26.0 Å². The molecule has 0 spiro atoms. The fourth-order valence-electron chi connectivity index (χ4n) is 2.42. The fraction of sp³-hybridized carbons (Fsp3) is 0.188. The molecule has 24 heavy (non-hydrogen) atoms. The maximum atomic E-state index is 12.7. The number of carbonyl (C=O) groups is 1. The van der Waals surface area contributed by atoms with E-state index in [-0.39, 0.29) is 28.2 Å². The summed E-state index contributed by atoms with van der Waals surface area (Å²) in [6.07, 6.45) is 0. The molecule has 0 saturated heterocycles. The van der Waals surface area contributed by atoms with Gasteiger partial charge in [0.05, 0.1) is 16.4 Å². The lowest BCUT2D eigenvalue weighted by Gasteiger charge is -2.20. The molecule has 1 aliphatic rings. The second-order valence-electron chi connectivity index (χ2n) is 5.54. The molecule has 0 unspecified atom stereocenters. The lowest BCUT2D eigenvalue weighted by molar-refractivity contribution is -0.118. The first-order chi connectivity index (χ1) is 11.3. The van der Waals surface area contributed by atoms with Gasteiger partial charge in [0, 0.05) is 6.07 Å². The van der Waals surface area contributed by atoms with Crippen molar-refractivity contribution < 1.29 is 17.9 Å². The topological polar surface area (TPSA) is 84.5 Å². The molecule has 0 atom stereocenters. The van der Waals surface area contributed by atoms with Gasteiger partial charge in [0.15, 0.2) is 6.61 Å². The average Bonchev–Trinajstić information content (AvgIpc) is 2.49. The van der Waals surface area contributed by atoms with Crippen LogP contribution < -0.4 is 14.8 Å². The Morgan fingerprint density at radius 2 is 1.96 bits per heavy atom. The Balaban J connectivity index is 1.99. The number of amides is 1. The van der Waals surface area contributed by atoms with Gasteiger partial charge in [-0.3, -0.25) is 9.52 Å². The Bertz CT molecular complexity index is 941. The predicted octanol–water partition coefficient (Wildman–Crippen LogP) is 3.09. The van der Waals surface area contributed by atoms with Gasteiger partial charge in [-0.05, 0) is 31.5 Å². The number of halogens is 1. The van der Waals surface area contributed by atoms with Crippen LogP contribution >= 0.6 is 11.6 Å². The summed E-state index contributed by atoms with van der Waals surface area (Å²) in [5, 5.41) is 2.58. The Labute approximate surface area is 144 Å². The third-order valence-corrected chi connectivity index (χ3v) is 5.41. The summed E-state index contributed by atoms with van der Waals surface area (Å²) < 4.78 is 33.1. The first-order valence-electron chi connectivity index (χ1n) is 7.12. The number of hydrogen-bond donors (Lipinski definition) is 2. The Kier molecular flexibility index (Phi) is 4.15. The Hall–Kier alpha value is -2.25. The van der Waals surface area contributed by atoms with E-state index in [4.69, 9.17) is 16.3 Å². The van der Waals surface area contributed by atoms with Crippen molar-refractivity contribution in [3.8, 4) is 5.75 Å². The predicted molar refractivity (Wildman–Crippen MR) is 92.3 cm³/mol. The number of sulfonamides is 1. The van der Waals surface area contributed by atoms with E-state index in [0.29, 0.717) is 11.4 Å². The average molecular weight is 367 g/mol. The summed E-state index contributed by atoms with van der Waals surface area (Å²) >= 11 is 6.10. The van der Waals surface area contributed by atoms with Crippen LogP contribution in [0.3, 0.4) is 0 Å². The van der Waals surface area contributed by atoms with Gasteiger partial charge in [-0.15, -0.1) is 0 Å². The van der Waals surface area contributed by atoms with Gasteiger partial charge in [-0.25, -0.2) is 8.42 Å².